The van der Waals surface area contributed by atoms with Crippen LogP contribution in [0.2, 0.25) is 6.04 Å². The highest BCUT2D eigenvalue weighted by atomic mass is 28.4. The Morgan fingerprint density at radius 1 is 1.11 bits per heavy atom. The Morgan fingerprint density at radius 2 is 1.63 bits per heavy atom. The van der Waals surface area contributed by atoms with E-state index in [0.29, 0.717) is 32.5 Å². The van der Waals surface area contributed by atoms with E-state index in [1.165, 1.54) is 0 Å². The molecule has 0 aromatic carbocycles. The highest BCUT2D eigenvalue weighted by Crippen LogP contribution is 2.20. The lowest BCUT2D eigenvalue weighted by atomic mass is 10.5. The van der Waals surface area contributed by atoms with Crippen LogP contribution in [0.1, 0.15) is 27.7 Å². The molecule has 1 aliphatic heterocycles. The summed E-state index contributed by atoms with van der Waals surface area (Å²) in [6, 6.07) is 0.577. The zero-order chi connectivity index (χ0) is 14.1. The first-order valence-electron chi connectivity index (χ1n) is 6.97. The molecule has 1 fully saturated rings. The molecule has 7 heteroatoms. The molecule has 0 bridgehead atoms. The van der Waals surface area contributed by atoms with E-state index in [4.69, 9.17) is 27.8 Å². The molecule has 1 saturated heterocycles. The van der Waals surface area contributed by atoms with Crippen molar-refractivity contribution in [3.05, 3.63) is 0 Å². The highest BCUT2D eigenvalue weighted by molar-refractivity contribution is 6.60. The van der Waals surface area contributed by atoms with Crippen LogP contribution < -0.4 is 0 Å². The van der Waals surface area contributed by atoms with Gasteiger partial charge in [-0.3, -0.25) is 0 Å². The average Bonchev–Trinajstić information content (AvgIpc) is 3.14. The Bertz CT molecular complexity index is 219. The van der Waals surface area contributed by atoms with E-state index in [2.05, 4.69) is 0 Å². The predicted molar refractivity (Wildman–Crippen MR) is 71.7 cm³/mol. The van der Waals surface area contributed by atoms with E-state index in [1.807, 2.05) is 27.7 Å². The Morgan fingerprint density at radius 3 is 2.05 bits per heavy atom. The molecule has 0 saturated carbocycles. The van der Waals surface area contributed by atoms with Gasteiger partial charge in [-0.05, 0) is 27.7 Å². The van der Waals surface area contributed by atoms with Crippen molar-refractivity contribution in [3.8, 4) is 0 Å². The lowest BCUT2D eigenvalue weighted by molar-refractivity contribution is -0.319. The Balaban J connectivity index is 2.37. The van der Waals surface area contributed by atoms with Gasteiger partial charge in [-0.25, -0.2) is 9.78 Å². The van der Waals surface area contributed by atoms with Gasteiger partial charge in [-0.15, -0.1) is 0 Å². The van der Waals surface area contributed by atoms with Crippen LogP contribution in [0.4, 0.5) is 0 Å². The Hall–Kier alpha value is -0.0231. The van der Waals surface area contributed by atoms with Crippen molar-refractivity contribution in [1.82, 2.24) is 0 Å². The van der Waals surface area contributed by atoms with Crippen LogP contribution in [0.5, 0.6) is 0 Å². The van der Waals surface area contributed by atoms with Crippen molar-refractivity contribution in [2.24, 2.45) is 0 Å². The molecule has 2 atom stereocenters. The fourth-order valence-corrected chi connectivity index (χ4v) is 4.44. The zero-order valence-electron chi connectivity index (χ0n) is 12.3. The van der Waals surface area contributed by atoms with Crippen molar-refractivity contribution in [1.29, 1.82) is 0 Å². The summed E-state index contributed by atoms with van der Waals surface area (Å²) in [6.07, 6.45) is 0.0509. The van der Waals surface area contributed by atoms with Crippen LogP contribution >= 0.6 is 0 Å². The lowest BCUT2D eigenvalue weighted by Gasteiger charge is -2.30. The molecule has 1 rings (SSSR count). The third-order valence-electron chi connectivity index (χ3n) is 2.52. The second-order valence-corrected chi connectivity index (χ2v) is 6.97. The van der Waals surface area contributed by atoms with Gasteiger partial charge in [-0.1, -0.05) is 0 Å². The fraction of sp³-hybridized carbons (Fsp3) is 1.00. The number of hydrogen-bond donors (Lipinski definition) is 0. The molecule has 2 unspecified atom stereocenters. The van der Waals surface area contributed by atoms with E-state index in [1.54, 1.807) is 0 Å². The first-order chi connectivity index (χ1) is 9.15. The molecule has 0 amide bonds. The summed E-state index contributed by atoms with van der Waals surface area (Å²) in [6.45, 7) is 10.7. The Labute approximate surface area is 116 Å². The van der Waals surface area contributed by atoms with Gasteiger partial charge in [0.15, 0.2) is 0 Å². The number of ether oxygens (including phenoxy) is 1. The van der Waals surface area contributed by atoms with Crippen molar-refractivity contribution < 1.29 is 27.8 Å². The van der Waals surface area contributed by atoms with Gasteiger partial charge in [0, 0.05) is 25.9 Å². The van der Waals surface area contributed by atoms with E-state index < -0.39 is 8.80 Å². The molecular weight excluding hydrogens is 268 g/mol. The maximum atomic E-state index is 5.76. The molecule has 1 heterocycles. The fourth-order valence-electron chi connectivity index (χ4n) is 1.74. The molecule has 0 N–H and O–H groups in total. The molecule has 0 spiro atoms. The summed E-state index contributed by atoms with van der Waals surface area (Å²) in [7, 11) is -2.66. The first-order valence-corrected chi connectivity index (χ1v) is 8.90. The van der Waals surface area contributed by atoms with Crippen LogP contribution in [-0.2, 0) is 27.8 Å². The third kappa shape index (κ3) is 6.80. The summed E-state index contributed by atoms with van der Waals surface area (Å²) >= 11 is 0. The predicted octanol–water partition coefficient (Wildman–Crippen LogP) is 1.77. The quantitative estimate of drug-likeness (QED) is 0.237. The second kappa shape index (κ2) is 9.01. The van der Waals surface area contributed by atoms with Crippen LogP contribution in [-0.4, -0.2) is 54.0 Å². The molecule has 0 aliphatic carbocycles. The smallest absolute Gasteiger partial charge is 0.374 e. The van der Waals surface area contributed by atoms with Gasteiger partial charge in [0.05, 0.1) is 12.7 Å². The van der Waals surface area contributed by atoms with Gasteiger partial charge < -0.3 is 18.0 Å². The zero-order valence-corrected chi connectivity index (χ0v) is 13.3. The molecule has 0 radical (unpaired) electrons. The standard InChI is InChI=1S/C12H26O6Si/c1-5-15-19(16-6-2,17-7-3)10-11(4)18-14-9-12-8-13-12/h11-12H,5-10H2,1-4H3. The van der Waals surface area contributed by atoms with Crippen molar-refractivity contribution in [3.63, 3.8) is 0 Å². The maximum absolute atomic E-state index is 5.76. The minimum atomic E-state index is -2.66. The molecule has 114 valence electrons. The number of epoxide rings is 1. The van der Waals surface area contributed by atoms with E-state index in [9.17, 15) is 0 Å². The van der Waals surface area contributed by atoms with E-state index in [-0.39, 0.29) is 12.2 Å². The first kappa shape index (κ1) is 17.0. The van der Waals surface area contributed by atoms with Crippen molar-refractivity contribution >= 4 is 8.80 Å². The van der Waals surface area contributed by atoms with Crippen LogP contribution in [0, 0.1) is 0 Å². The van der Waals surface area contributed by atoms with Gasteiger partial charge in [0.2, 0.25) is 0 Å². The minimum absolute atomic E-state index is 0.143. The van der Waals surface area contributed by atoms with Crippen molar-refractivity contribution in [2.45, 2.75) is 45.9 Å². The average molecular weight is 294 g/mol. The largest absolute Gasteiger partial charge is 0.503 e. The maximum Gasteiger partial charge on any atom is 0.503 e. The molecule has 6 nitrogen and oxygen atoms in total. The molecule has 1 aliphatic rings. The summed E-state index contributed by atoms with van der Waals surface area (Å²) < 4.78 is 22.3. The number of hydrogen-bond acceptors (Lipinski definition) is 6. The van der Waals surface area contributed by atoms with Gasteiger partial charge in [0.1, 0.15) is 12.7 Å². The summed E-state index contributed by atoms with van der Waals surface area (Å²) in [4.78, 5) is 10.4. The van der Waals surface area contributed by atoms with Crippen LogP contribution in [0.3, 0.4) is 0 Å². The molecular formula is C12H26O6Si. The minimum Gasteiger partial charge on any atom is -0.374 e. The second-order valence-electron chi connectivity index (χ2n) is 4.33. The van der Waals surface area contributed by atoms with Crippen LogP contribution in [0.25, 0.3) is 0 Å². The van der Waals surface area contributed by atoms with Crippen LogP contribution in [0.15, 0.2) is 0 Å². The molecule has 0 aromatic heterocycles. The third-order valence-corrected chi connectivity index (χ3v) is 5.78. The van der Waals surface area contributed by atoms with Gasteiger partial charge >= 0.3 is 8.80 Å². The Kier molecular flexibility index (Phi) is 8.08. The van der Waals surface area contributed by atoms with Gasteiger partial charge in [-0.2, -0.15) is 0 Å². The molecule has 19 heavy (non-hydrogen) atoms. The summed E-state index contributed by atoms with van der Waals surface area (Å²) in [5, 5.41) is 0. The summed E-state index contributed by atoms with van der Waals surface area (Å²) in [5.74, 6) is 0. The topological polar surface area (TPSA) is 58.7 Å². The SMILES string of the molecule is CCO[Si](CC(C)OOCC1CO1)(OCC)OCC. The normalized spacial score (nSPS) is 20.5. The van der Waals surface area contributed by atoms with E-state index in [0.717, 1.165) is 6.61 Å². The van der Waals surface area contributed by atoms with Gasteiger partial charge in [0.25, 0.3) is 0 Å². The highest BCUT2D eigenvalue weighted by Gasteiger charge is 2.42. The molecule has 0 aromatic rings. The van der Waals surface area contributed by atoms with E-state index >= 15 is 0 Å². The summed E-state index contributed by atoms with van der Waals surface area (Å²) in [5.41, 5.74) is 0. The monoisotopic (exact) mass is 294 g/mol. The van der Waals surface area contributed by atoms with Crippen molar-refractivity contribution in [2.75, 3.05) is 33.0 Å². The lowest BCUT2D eigenvalue weighted by Crippen LogP contribution is -2.48. The number of rotatable bonds is 12.